The zero-order valence-corrected chi connectivity index (χ0v) is 10.9. The Morgan fingerprint density at radius 1 is 1.32 bits per heavy atom. The molecule has 1 atom stereocenters. The molecule has 0 aliphatic rings. The van der Waals surface area contributed by atoms with Crippen LogP contribution in [-0.2, 0) is 4.79 Å². The number of aliphatic carboxylic acids is 1. The lowest BCUT2D eigenvalue weighted by atomic mass is 10.0. The summed E-state index contributed by atoms with van der Waals surface area (Å²) in [5, 5.41) is 20.2. The molecule has 0 aliphatic carbocycles. The van der Waals surface area contributed by atoms with Gasteiger partial charge >= 0.3 is 5.97 Å². The lowest BCUT2D eigenvalue weighted by Crippen LogP contribution is -2.40. The molecule has 0 aromatic heterocycles. The molecule has 1 rings (SSSR count). The Morgan fingerprint density at radius 2 is 1.89 bits per heavy atom. The van der Waals surface area contributed by atoms with Crippen molar-refractivity contribution in [3.8, 4) is 6.07 Å². The topological polar surface area (TPSA) is 90.2 Å². The number of rotatable bonds is 5. The van der Waals surface area contributed by atoms with Crippen LogP contribution >= 0.6 is 0 Å². The molecule has 1 aromatic rings. The molecule has 0 bridgehead atoms. The summed E-state index contributed by atoms with van der Waals surface area (Å²) in [6.45, 7) is 3.71. The van der Waals surface area contributed by atoms with Gasteiger partial charge in [0.2, 0.25) is 0 Å². The maximum absolute atomic E-state index is 12.0. The average Bonchev–Trinajstić information content (AvgIpc) is 2.37. The van der Waals surface area contributed by atoms with Gasteiger partial charge in [-0.05, 0) is 30.2 Å². The second-order valence-corrected chi connectivity index (χ2v) is 4.61. The van der Waals surface area contributed by atoms with Crippen LogP contribution in [0.3, 0.4) is 0 Å². The smallest absolute Gasteiger partial charge is 0.305 e. The van der Waals surface area contributed by atoms with Crippen molar-refractivity contribution in [2.75, 3.05) is 0 Å². The molecule has 0 aliphatic heterocycles. The van der Waals surface area contributed by atoms with E-state index in [-0.39, 0.29) is 18.2 Å². The molecule has 2 N–H and O–H groups in total. The summed E-state index contributed by atoms with van der Waals surface area (Å²) in [6.07, 6.45) is -0.111. The largest absolute Gasteiger partial charge is 0.481 e. The van der Waals surface area contributed by atoms with Crippen molar-refractivity contribution in [1.82, 2.24) is 5.32 Å². The third kappa shape index (κ3) is 4.43. The average molecular weight is 260 g/mol. The fraction of sp³-hybridized carbons (Fsp3) is 0.357. The standard InChI is InChI=1S/C14H16N2O3/c1-9(2)12(7-13(17)18)16-14(19)11-5-3-10(8-15)4-6-11/h3-6,9,12H,7H2,1-2H3,(H,16,19)(H,17,18). The van der Waals surface area contributed by atoms with Crippen molar-refractivity contribution in [1.29, 1.82) is 5.26 Å². The van der Waals surface area contributed by atoms with E-state index in [0.29, 0.717) is 11.1 Å². The number of carboxylic acids is 1. The zero-order chi connectivity index (χ0) is 14.4. The summed E-state index contributed by atoms with van der Waals surface area (Å²) in [5.74, 6) is -1.25. The molecule has 0 heterocycles. The summed E-state index contributed by atoms with van der Waals surface area (Å²) in [7, 11) is 0. The zero-order valence-electron chi connectivity index (χ0n) is 10.9. The van der Waals surface area contributed by atoms with Gasteiger partial charge in [0.25, 0.3) is 5.91 Å². The molecule has 5 heteroatoms. The second-order valence-electron chi connectivity index (χ2n) is 4.61. The number of carbonyl (C=O) groups is 2. The number of nitriles is 1. The van der Waals surface area contributed by atoms with Gasteiger partial charge in [0.1, 0.15) is 0 Å². The summed E-state index contributed by atoms with van der Waals surface area (Å²) < 4.78 is 0. The molecule has 0 saturated heterocycles. The molecule has 1 amide bonds. The summed E-state index contributed by atoms with van der Waals surface area (Å²) >= 11 is 0. The Balaban J connectivity index is 2.76. The van der Waals surface area contributed by atoms with Crippen molar-refractivity contribution >= 4 is 11.9 Å². The van der Waals surface area contributed by atoms with E-state index in [1.807, 2.05) is 19.9 Å². The van der Waals surface area contributed by atoms with E-state index < -0.39 is 12.0 Å². The number of benzene rings is 1. The quantitative estimate of drug-likeness (QED) is 0.844. The van der Waals surface area contributed by atoms with Crippen LogP contribution in [-0.4, -0.2) is 23.0 Å². The molecule has 100 valence electrons. The van der Waals surface area contributed by atoms with Crippen LogP contribution in [0, 0.1) is 17.2 Å². The summed E-state index contributed by atoms with van der Waals surface area (Å²) in [5.41, 5.74) is 0.887. The predicted molar refractivity (Wildman–Crippen MR) is 69.5 cm³/mol. The Labute approximate surface area is 111 Å². The van der Waals surface area contributed by atoms with Crippen LogP contribution in [0.2, 0.25) is 0 Å². The highest BCUT2D eigenvalue weighted by molar-refractivity contribution is 5.94. The fourth-order valence-electron chi connectivity index (χ4n) is 1.59. The van der Waals surface area contributed by atoms with Crippen LogP contribution in [0.1, 0.15) is 36.2 Å². The molecule has 0 saturated carbocycles. The molecular weight excluding hydrogens is 244 g/mol. The SMILES string of the molecule is CC(C)C(CC(=O)O)NC(=O)c1ccc(C#N)cc1. The predicted octanol–water partition coefficient (Wildman–Crippen LogP) is 1.79. The van der Waals surface area contributed by atoms with Gasteiger partial charge in [-0.1, -0.05) is 13.8 Å². The minimum absolute atomic E-state index is 0.0263. The number of amides is 1. The molecule has 0 fully saturated rings. The van der Waals surface area contributed by atoms with E-state index >= 15 is 0 Å². The fourth-order valence-corrected chi connectivity index (χ4v) is 1.59. The first kappa shape index (κ1) is 14.7. The van der Waals surface area contributed by atoms with E-state index in [1.165, 1.54) is 0 Å². The first-order chi connectivity index (χ1) is 8.93. The molecule has 0 radical (unpaired) electrons. The van der Waals surface area contributed by atoms with E-state index in [9.17, 15) is 9.59 Å². The van der Waals surface area contributed by atoms with Crippen molar-refractivity contribution < 1.29 is 14.7 Å². The highest BCUT2D eigenvalue weighted by atomic mass is 16.4. The van der Waals surface area contributed by atoms with Crippen LogP contribution in [0.25, 0.3) is 0 Å². The van der Waals surface area contributed by atoms with Crippen molar-refractivity contribution in [3.05, 3.63) is 35.4 Å². The van der Waals surface area contributed by atoms with Crippen LogP contribution < -0.4 is 5.32 Å². The Bertz CT molecular complexity index is 500. The Hall–Kier alpha value is -2.35. The Kier molecular flexibility index (Phi) is 5.07. The lowest BCUT2D eigenvalue weighted by Gasteiger charge is -2.20. The minimum Gasteiger partial charge on any atom is -0.481 e. The van der Waals surface area contributed by atoms with Gasteiger partial charge in [-0.15, -0.1) is 0 Å². The first-order valence-corrected chi connectivity index (χ1v) is 5.97. The van der Waals surface area contributed by atoms with Gasteiger partial charge in [-0.3, -0.25) is 9.59 Å². The molecule has 1 aromatic carbocycles. The summed E-state index contributed by atoms with van der Waals surface area (Å²) in [4.78, 5) is 22.7. The van der Waals surface area contributed by atoms with Crippen molar-refractivity contribution in [2.24, 2.45) is 5.92 Å². The number of carboxylic acid groups (broad SMARTS) is 1. The van der Waals surface area contributed by atoms with Gasteiger partial charge in [-0.2, -0.15) is 5.26 Å². The van der Waals surface area contributed by atoms with Gasteiger partial charge in [0.05, 0.1) is 18.1 Å². The number of carbonyl (C=O) groups excluding carboxylic acids is 1. The van der Waals surface area contributed by atoms with E-state index in [4.69, 9.17) is 10.4 Å². The van der Waals surface area contributed by atoms with Gasteiger partial charge in [-0.25, -0.2) is 0 Å². The highest BCUT2D eigenvalue weighted by Gasteiger charge is 2.19. The maximum atomic E-state index is 12.0. The van der Waals surface area contributed by atoms with E-state index in [2.05, 4.69) is 5.32 Å². The normalized spacial score (nSPS) is 11.7. The number of hydrogen-bond acceptors (Lipinski definition) is 3. The second kappa shape index (κ2) is 6.55. The summed E-state index contributed by atoms with van der Waals surface area (Å²) in [6, 6.07) is 7.75. The minimum atomic E-state index is -0.946. The molecule has 1 unspecified atom stereocenters. The third-order valence-corrected chi connectivity index (χ3v) is 2.79. The molecular formula is C14H16N2O3. The maximum Gasteiger partial charge on any atom is 0.305 e. The molecule has 0 spiro atoms. The monoisotopic (exact) mass is 260 g/mol. The molecule has 5 nitrogen and oxygen atoms in total. The number of hydrogen-bond donors (Lipinski definition) is 2. The molecule has 19 heavy (non-hydrogen) atoms. The van der Waals surface area contributed by atoms with Crippen molar-refractivity contribution in [2.45, 2.75) is 26.3 Å². The number of nitrogens with one attached hydrogen (secondary N) is 1. The third-order valence-electron chi connectivity index (χ3n) is 2.79. The van der Waals surface area contributed by atoms with Gasteiger partial charge in [0.15, 0.2) is 0 Å². The van der Waals surface area contributed by atoms with Crippen LogP contribution in [0.15, 0.2) is 24.3 Å². The number of nitrogens with zero attached hydrogens (tertiary/aromatic N) is 1. The van der Waals surface area contributed by atoms with Crippen molar-refractivity contribution in [3.63, 3.8) is 0 Å². The highest BCUT2D eigenvalue weighted by Crippen LogP contribution is 2.09. The van der Waals surface area contributed by atoms with Gasteiger partial charge < -0.3 is 10.4 Å². The van der Waals surface area contributed by atoms with Crippen LogP contribution in [0.4, 0.5) is 0 Å². The van der Waals surface area contributed by atoms with E-state index in [1.54, 1.807) is 24.3 Å². The van der Waals surface area contributed by atoms with Gasteiger partial charge in [0, 0.05) is 11.6 Å². The first-order valence-electron chi connectivity index (χ1n) is 5.97. The Morgan fingerprint density at radius 3 is 2.32 bits per heavy atom. The van der Waals surface area contributed by atoms with Crippen LogP contribution in [0.5, 0.6) is 0 Å². The van der Waals surface area contributed by atoms with E-state index in [0.717, 1.165) is 0 Å². The lowest BCUT2D eigenvalue weighted by molar-refractivity contribution is -0.137.